The molecule has 1 atom stereocenters. The Labute approximate surface area is 109 Å². The van der Waals surface area contributed by atoms with E-state index in [1.165, 1.54) is 36.9 Å². The number of nitrogens with two attached hydrogens (primary N) is 1. The SMILES string of the molecule is Nc1cccc2c1N(CCCC1CCCO1)CC2. The predicted octanol–water partition coefficient (Wildman–Crippen LogP) is 2.59. The number of nitrogens with zero attached hydrogens (tertiary/aromatic N) is 1. The first-order valence-corrected chi connectivity index (χ1v) is 7.08. The number of anilines is 2. The second kappa shape index (κ2) is 5.19. The number of ether oxygens (including phenoxy) is 1. The zero-order valence-corrected chi connectivity index (χ0v) is 10.9. The highest BCUT2D eigenvalue weighted by Crippen LogP contribution is 2.33. The highest BCUT2D eigenvalue weighted by Gasteiger charge is 2.21. The fraction of sp³-hybridized carbons (Fsp3) is 0.600. The third kappa shape index (κ3) is 2.32. The van der Waals surface area contributed by atoms with Crippen LogP contribution in [0.25, 0.3) is 0 Å². The van der Waals surface area contributed by atoms with Crippen LogP contribution < -0.4 is 10.6 Å². The largest absolute Gasteiger partial charge is 0.397 e. The van der Waals surface area contributed by atoms with Crippen molar-refractivity contribution in [1.29, 1.82) is 0 Å². The van der Waals surface area contributed by atoms with Crippen molar-refractivity contribution >= 4 is 11.4 Å². The monoisotopic (exact) mass is 246 g/mol. The average molecular weight is 246 g/mol. The van der Waals surface area contributed by atoms with Crippen LogP contribution in [0.15, 0.2) is 18.2 Å². The van der Waals surface area contributed by atoms with Gasteiger partial charge in [-0.15, -0.1) is 0 Å². The number of hydrogen-bond acceptors (Lipinski definition) is 3. The maximum Gasteiger partial charge on any atom is 0.0633 e. The van der Waals surface area contributed by atoms with Crippen molar-refractivity contribution in [2.75, 3.05) is 30.3 Å². The van der Waals surface area contributed by atoms with Crippen molar-refractivity contribution < 1.29 is 4.74 Å². The first kappa shape index (κ1) is 11.8. The Kier molecular flexibility index (Phi) is 3.41. The first-order valence-electron chi connectivity index (χ1n) is 7.08. The van der Waals surface area contributed by atoms with E-state index in [1.54, 1.807) is 0 Å². The lowest BCUT2D eigenvalue weighted by Gasteiger charge is -2.21. The highest BCUT2D eigenvalue weighted by molar-refractivity contribution is 5.74. The third-order valence-electron chi connectivity index (χ3n) is 4.10. The third-order valence-corrected chi connectivity index (χ3v) is 4.10. The molecule has 0 radical (unpaired) electrons. The maximum absolute atomic E-state index is 6.09. The van der Waals surface area contributed by atoms with E-state index in [0.29, 0.717) is 6.10 Å². The molecule has 2 aliphatic heterocycles. The molecular weight excluding hydrogens is 224 g/mol. The van der Waals surface area contributed by atoms with Crippen LogP contribution in [0.1, 0.15) is 31.2 Å². The Balaban J connectivity index is 1.56. The lowest BCUT2D eigenvalue weighted by atomic mass is 10.1. The second-order valence-electron chi connectivity index (χ2n) is 5.37. The molecule has 18 heavy (non-hydrogen) atoms. The van der Waals surface area contributed by atoms with Gasteiger partial charge in [0.2, 0.25) is 0 Å². The molecule has 3 heteroatoms. The van der Waals surface area contributed by atoms with Crippen molar-refractivity contribution in [2.45, 2.75) is 38.2 Å². The summed E-state index contributed by atoms with van der Waals surface area (Å²) in [5.74, 6) is 0. The molecule has 0 aliphatic carbocycles. The van der Waals surface area contributed by atoms with E-state index in [4.69, 9.17) is 10.5 Å². The molecule has 1 fully saturated rings. The van der Waals surface area contributed by atoms with E-state index in [9.17, 15) is 0 Å². The standard InChI is InChI=1S/C15H22N2O/c16-14-7-1-4-12-8-10-17(15(12)14)9-2-5-13-6-3-11-18-13/h1,4,7,13H,2-3,5-6,8-11,16H2. The molecule has 0 bridgehead atoms. The molecule has 0 amide bonds. The van der Waals surface area contributed by atoms with Crippen LogP contribution in [-0.4, -0.2) is 25.8 Å². The van der Waals surface area contributed by atoms with Crippen LogP contribution >= 0.6 is 0 Å². The molecule has 1 saturated heterocycles. The Morgan fingerprint density at radius 3 is 3.17 bits per heavy atom. The normalized spacial score (nSPS) is 22.4. The Morgan fingerprint density at radius 1 is 1.39 bits per heavy atom. The lowest BCUT2D eigenvalue weighted by Crippen LogP contribution is -2.23. The molecule has 1 aromatic rings. The molecule has 2 heterocycles. The molecule has 0 aromatic heterocycles. The number of fused-ring (bicyclic) bond motifs is 1. The van der Waals surface area contributed by atoms with Gasteiger partial charge in [-0.2, -0.15) is 0 Å². The van der Waals surface area contributed by atoms with E-state index in [-0.39, 0.29) is 0 Å². The Hall–Kier alpha value is -1.22. The van der Waals surface area contributed by atoms with Crippen LogP contribution in [0.2, 0.25) is 0 Å². The highest BCUT2D eigenvalue weighted by atomic mass is 16.5. The predicted molar refractivity (Wildman–Crippen MR) is 75.0 cm³/mol. The lowest BCUT2D eigenvalue weighted by molar-refractivity contribution is 0.103. The maximum atomic E-state index is 6.09. The van der Waals surface area contributed by atoms with Crippen molar-refractivity contribution in [3.63, 3.8) is 0 Å². The van der Waals surface area contributed by atoms with Gasteiger partial charge in [0.25, 0.3) is 0 Å². The number of para-hydroxylation sites is 1. The zero-order chi connectivity index (χ0) is 12.4. The van der Waals surface area contributed by atoms with Crippen LogP contribution in [0.3, 0.4) is 0 Å². The number of nitrogen functional groups attached to an aromatic ring is 1. The topological polar surface area (TPSA) is 38.5 Å². The molecule has 3 nitrogen and oxygen atoms in total. The summed E-state index contributed by atoms with van der Waals surface area (Å²) in [4.78, 5) is 2.44. The summed E-state index contributed by atoms with van der Waals surface area (Å²) in [5, 5.41) is 0. The number of rotatable bonds is 4. The molecular formula is C15H22N2O. The summed E-state index contributed by atoms with van der Waals surface area (Å²) in [7, 11) is 0. The Morgan fingerprint density at radius 2 is 2.33 bits per heavy atom. The van der Waals surface area contributed by atoms with Gasteiger partial charge in [0.15, 0.2) is 0 Å². The van der Waals surface area contributed by atoms with Crippen LogP contribution in [0.4, 0.5) is 11.4 Å². The second-order valence-corrected chi connectivity index (χ2v) is 5.37. The van der Waals surface area contributed by atoms with Gasteiger partial charge in [-0.1, -0.05) is 12.1 Å². The quantitative estimate of drug-likeness (QED) is 0.830. The Bertz CT molecular complexity index is 413. The molecule has 98 valence electrons. The van der Waals surface area contributed by atoms with E-state index in [1.807, 2.05) is 6.07 Å². The van der Waals surface area contributed by atoms with Crippen molar-refractivity contribution in [3.8, 4) is 0 Å². The van der Waals surface area contributed by atoms with E-state index >= 15 is 0 Å². The molecule has 1 aromatic carbocycles. The summed E-state index contributed by atoms with van der Waals surface area (Å²) >= 11 is 0. The summed E-state index contributed by atoms with van der Waals surface area (Å²) in [6.45, 7) is 3.19. The molecule has 3 rings (SSSR count). The minimum atomic E-state index is 0.514. The summed E-state index contributed by atoms with van der Waals surface area (Å²) in [6, 6.07) is 6.27. The van der Waals surface area contributed by atoms with Gasteiger partial charge in [0, 0.05) is 19.7 Å². The van der Waals surface area contributed by atoms with Gasteiger partial charge < -0.3 is 15.4 Å². The van der Waals surface area contributed by atoms with Gasteiger partial charge in [0.1, 0.15) is 0 Å². The molecule has 1 unspecified atom stereocenters. The van der Waals surface area contributed by atoms with Gasteiger partial charge in [-0.25, -0.2) is 0 Å². The van der Waals surface area contributed by atoms with Crippen molar-refractivity contribution in [3.05, 3.63) is 23.8 Å². The zero-order valence-electron chi connectivity index (χ0n) is 10.9. The minimum absolute atomic E-state index is 0.514. The fourth-order valence-electron chi connectivity index (χ4n) is 3.17. The van der Waals surface area contributed by atoms with Crippen LogP contribution in [0, 0.1) is 0 Å². The summed E-state index contributed by atoms with van der Waals surface area (Å²) < 4.78 is 5.67. The van der Waals surface area contributed by atoms with Gasteiger partial charge in [-0.05, 0) is 43.7 Å². The molecule has 2 N–H and O–H groups in total. The fourth-order valence-corrected chi connectivity index (χ4v) is 3.17. The number of benzene rings is 1. The van der Waals surface area contributed by atoms with E-state index < -0.39 is 0 Å². The first-order chi connectivity index (χ1) is 8.84. The average Bonchev–Trinajstić information content (AvgIpc) is 3.00. The van der Waals surface area contributed by atoms with E-state index in [2.05, 4.69) is 17.0 Å². The van der Waals surface area contributed by atoms with Crippen LogP contribution in [0.5, 0.6) is 0 Å². The molecule has 0 saturated carbocycles. The van der Waals surface area contributed by atoms with Gasteiger partial charge in [0.05, 0.1) is 17.5 Å². The minimum Gasteiger partial charge on any atom is -0.397 e. The van der Waals surface area contributed by atoms with Gasteiger partial charge in [-0.3, -0.25) is 0 Å². The number of hydrogen-bond donors (Lipinski definition) is 1. The smallest absolute Gasteiger partial charge is 0.0633 e. The van der Waals surface area contributed by atoms with Gasteiger partial charge >= 0.3 is 0 Å². The van der Waals surface area contributed by atoms with Crippen molar-refractivity contribution in [1.82, 2.24) is 0 Å². The molecule has 2 aliphatic rings. The summed E-state index contributed by atoms with van der Waals surface area (Å²) in [5.41, 5.74) is 9.71. The van der Waals surface area contributed by atoms with E-state index in [0.717, 1.165) is 31.8 Å². The van der Waals surface area contributed by atoms with Crippen LogP contribution in [-0.2, 0) is 11.2 Å². The van der Waals surface area contributed by atoms with Crippen molar-refractivity contribution in [2.24, 2.45) is 0 Å². The summed E-state index contributed by atoms with van der Waals surface area (Å²) in [6.07, 6.45) is 6.54. The molecule has 0 spiro atoms.